The fourth-order valence-electron chi connectivity index (χ4n) is 1.43. The van der Waals surface area contributed by atoms with Crippen LogP contribution in [-0.2, 0) is 16.1 Å². The first-order valence-electron chi connectivity index (χ1n) is 6.01. The van der Waals surface area contributed by atoms with E-state index in [9.17, 15) is 9.59 Å². The topological polar surface area (TPSA) is 99.2 Å². The third-order valence-corrected chi connectivity index (χ3v) is 2.84. The lowest BCUT2D eigenvalue weighted by atomic mass is 10.0. The number of hydrogen-bond acceptors (Lipinski definition) is 5. The highest BCUT2D eigenvalue weighted by Gasteiger charge is 2.20. The zero-order valence-corrected chi connectivity index (χ0v) is 11.7. The molecule has 0 atom stereocenters. The summed E-state index contributed by atoms with van der Waals surface area (Å²) >= 11 is 0. The van der Waals surface area contributed by atoms with Crippen molar-refractivity contribution >= 4 is 17.6 Å². The average molecular weight is 268 g/mol. The SMILES string of the molecule is CCC(C)(C)NC(=O)Cn1cc(N)c(C(=O)OC)n1. The summed E-state index contributed by atoms with van der Waals surface area (Å²) in [5.41, 5.74) is 5.56. The van der Waals surface area contributed by atoms with Crippen LogP contribution in [0.4, 0.5) is 5.69 Å². The second-order valence-electron chi connectivity index (χ2n) is 4.91. The molecule has 1 aromatic heterocycles. The Balaban J connectivity index is 2.73. The highest BCUT2D eigenvalue weighted by Crippen LogP contribution is 2.11. The minimum atomic E-state index is -0.620. The second kappa shape index (κ2) is 5.73. The summed E-state index contributed by atoms with van der Waals surface area (Å²) in [7, 11) is 1.25. The fraction of sp³-hybridized carbons (Fsp3) is 0.583. The molecule has 0 saturated heterocycles. The van der Waals surface area contributed by atoms with E-state index in [1.807, 2.05) is 20.8 Å². The van der Waals surface area contributed by atoms with Gasteiger partial charge in [-0.2, -0.15) is 5.10 Å². The molecule has 0 aliphatic heterocycles. The molecule has 1 rings (SSSR count). The zero-order valence-electron chi connectivity index (χ0n) is 11.7. The number of nitrogen functional groups attached to an aromatic ring is 1. The van der Waals surface area contributed by atoms with E-state index < -0.39 is 5.97 Å². The molecular weight excluding hydrogens is 248 g/mol. The van der Waals surface area contributed by atoms with Crippen molar-refractivity contribution in [1.29, 1.82) is 0 Å². The Hall–Kier alpha value is -2.05. The molecule has 0 saturated carbocycles. The Morgan fingerprint density at radius 2 is 2.16 bits per heavy atom. The normalized spacial score (nSPS) is 11.2. The van der Waals surface area contributed by atoms with Gasteiger partial charge in [0.15, 0.2) is 5.69 Å². The molecule has 19 heavy (non-hydrogen) atoms. The van der Waals surface area contributed by atoms with Gasteiger partial charge in [0.05, 0.1) is 12.8 Å². The number of aromatic nitrogens is 2. The van der Waals surface area contributed by atoms with Gasteiger partial charge in [-0.1, -0.05) is 6.92 Å². The first-order valence-corrected chi connectivity index (χ1v) is 6.01. The minimum Gasteiger partial charge on any atom is -0.464 e. The Labute approximate surface area is 112 Å². The molecule has 0 spiro atoms. The van der Waals surface area contributed by atoms with E-state index >= 15 is 0 Å². The lowest BCUT2D eigenvalue weighted by Crippen LogP contribution is -2.44. The van der Waals surface area contributed by atoms with Gasteiger partial charge in [-0.05, 0) is 20.3 Å². The Bertz CT molecular complexity index is 479. The van der Waals surface area contributed by atoms with Crippen LogP contribution in [0.3, 0.4) is 0 Å². The van der Waals surface area contributed by atoms with E-state index in [0.717, 1.165) is 6.42 Å². The number of hydrogen-bond donors (Lipinski definition) is 2. The standard InChI is InChI=1S/C12H20N4O3/c1-5-12(2,3)14-9(17)7-16-6-8(13)10(15-16)11(18)19-4/h6H,5,7,13H2,1-4H3,(H,14,17). The van der Waals surface area contributed by atoms with Crippen molar-refractivity contribution in [3.05, 3.63) is 11.9 Å². The molecule has 106 valence electrons. The fourth-order valence-corrected chi connectivity index (χ4v) is 1.43. The molecule has 0 aliphatic carbocycles. The van der Waals surface area contributed by atoms with Crippen LogP contribution >= 0.6 is 0 Å². The van der Waals surface area contributed by atoms with Crippen molar-refractivity contribution in [3.63, 3.8) is 0 Å². The van der Waals surface area contributed by atoms with Gasteiger partial charge in [0, 0.05) is 11.7 Å². The summed E-state index contributed by atoms with van der Waals surface area (Å²) < 4.78 is 5.86. The highest BCUT2D eigenvalue weighted by atomic mass is 16.5. The number of rotatable bonds is 5. The number of amides is 1. The van der Waals surface area contributed by atoms with E-state index in [1.165, 1.54) is 18.0 Å². The van der Waals surface area contributed by atoms with Crippen LogP contribution in [0.25, 0.3) is 0 Å². The van der Waals surface area contributed by atoms with Crippen LogP contribution in [-0.4, -0.2) is 34.3 Å². The summed E-state index contributed by atoms with van der Waals surface area (Å²) in [6.07, 6.45) is 2.25. The Kier molecular flexibility index (Phi) is 4.52. The molecule has 7 nitrogen and oxygen atoms in total. The molecule has 1 heterocycles. The quantitative estimate of drug-likeness (QED) is 0.760. The lowest BCUT2D eigenvalue weighted by Gasteiger charge is -2.24. The van der Waals surface area contributed by atoms with E-state index in [0.29, 0.717) is 0 Å². The molecule has 7 heteroatoms. The maximum absolute atomic E-state index is 11.8. The molecule has 1 amide bonds. The minimum absolute atomic E-state index is 0.00459. The molecule has 3 N–H and O–H groups in total. The van der Waals surface area contributed by atoms with E-state index in [-0.39, 0.29) is 29.4 Å². The van der Waals surface area contributed by atoms with Gasteiger partial charge < -0.3 is 15.8 Å². The lowest BCUT2D eigenvalue weighted by molar-refractivity contribution is -0.123. The van der Waals surface area contributed by atoms with Crippen LogP contribution in [0.2, 0.25) is 0 Å². The van der Waals surface area contributed by atoms with E-state index in [4.69, 9.17) is 5.73 Å². The van der Waals surface area contributed by atoms with Crippen LogP contribution in [0.5, 0.6) is 0 Å². The van der Waals surface area contributed by atoms with Crippen molar-refractivity contribution in [3.8, 4) is 0 Å². The summed E-state index contributed by atoms with van der Waals surface area (Å²) in [6, 6.07) is 0. The molecule has 0 radical (unpaired) electrons. The van der Waals surface area contributed by atoms with Gasteiger partial charge >= 0.3 is 5.97 Å². The number of nitrogens with one attached hydrogen (secondary N) is 1. The van der Waals surface area contributed by atoms with Crippen molar-refractivity contribution < 1.29 is 14.3 Å². The molecule has 0 unspecified atom stereocenters. The summed E-state index contributed by atoms with van der Waals surface area (Å²) in [5, 5.41) is 6.80. The number of nitrogens with zero attached hydrogens (tertiary/aromatic N) is 2. The van der Waals surface area contributed by atoms with Gasteiger partial charge in [-0.15, -0.1) is 0 Å². The number of esters is 1. The Morgan fingerprint density at radius 3 is 2.68 bits per heavy atom. The third-order valence-electron chi connectivity index (χ3n) is 2.84. The molecular formula is C12H20N4O3. The predicted octanol–water partition coefficient (Wildman–Crippen LogP) is 0.557. The largest absolute Gasteiger partial charge is 0.464 e. The molecule has 0 fully saturated rings. The molecule has 0 aliphatic rings. The zero-order chi connectivity index (χ0) is 14.6. The summed E-state index contributed by atoms with van der Waals surface area (Å²) in [4.78, 5) is 23.1. The highest BCUT2D eigenvalue weighted by molar-refractivity contribution is 5.92. The van der Waals surface area contributed by atoms with Crippen LogP contribution in [0, 0.1) is 0 Å². The number of carbonyl (C=O) groups is 2. The van der Waals surface area contributed by atoms with Crippen molar-refractivity contribution in [2.24, 2.45) is 0 Å². The Morgan fingerprint density at radius 1 is 1.53 bits per heavy atom. The molecule has 1 aromatic rings. The average Bonchev–Trinajstić information content (AvgIpc) is 2.68. The first kappa shape index (κ1) is 15.0. The first-order chi connectivity index (χ1) is 8.79. The number of nitrogens with two attached hydrogens (primary N) is 1. The molecule has 0 bridgehead atoms. The monoisotopic (exact) mass is 268 g/mol. The number of ether oxygens (including phenoxy) is 1. The summed E-state index contributed by atoms with van der Waals surface area (Å²) in [6.45, 7) is 5.86. The van der Waals surface area contributed by atoms with Crippen molar-refractivity contribution in [2.45, 2.75) is 39.3 Å². The predicted molar refractivity (Wildman–Crippen MR) is 70.5 cm³/mol. The summed E-state index contributed by atoms with van der Waals surface area (Å²) in [5.74, 6) is -0.809. The van der Waals surface area contributed by atoms with E-state index in [2.05, 4.69) is 15.2 Å². The number of anilines is 1. The number of carbonyl (C=O) groups excluding carboxylic acids is 2. The maximum Gasteiger partial charge on any atom is 0.360 e. The molecule has 0 aromatic carbocycles. The van der Waals surface area contributed by atoms with Gasteiger partial charge in [0.2, 0.25) is 5.91 Å². The van der Waals surface area contributed by atoms with E-state index in [1.54, 1.807) is 0 Å². The van der Waals surface area contributed by atoms with Gasteiger partial charge in [0.25, 0.3) is 0 Å². The maximum atomic E-state index is 11.8. The van der Waals surface area contributed by atoms with Gasteiger partial charge in [-0.25, -0.2) is 4.79 Å². The second-order valence-corrected chi connectivity index (χ2v) is 4.91. The van der Waals surface area contributed by atoms with Crippen LogP contribution < -0.4 is 11.1 Å². The van der Waals surface area contributed by atoms with Crippen LogP contribution in [0.1, 0.15) is 37.7 Å². The number of methoxy groups -OCH3 is 1. The smallest absolute Gasteiger partial charge is 0.360 e. The third kappa shape index (κ3) is 3.97. The van der Waals surface area contributed by atoms with Crippen molar-refractivity contribution in [2.75, 3.05) is 12.8 Å². The van der Waals surface area contributed by atoms with Gasteiger partial charge in [0.1, 0.15) is 6.54 Å². The van der Waals surface area contributed by atoms with Crippen molar-refractivity contribution in [1.82, 2.24) is 15.1 Å². The van der Waals surface area contributed by atoms with Gasteiger partial charge in [-0.3, -0.25) is 9.48 Å². The van der Waals surface area contributed by atoms with Crippen LogP contribution in [0.15, 0.2) is 6.20 Å².